The van der Waals surface area contributed by atoms with Gasteiger partial charge in [-0.25, -0.2) is 9.78 Å². The Hall–Kier alpha value is -2.38. The first-order chi connectivity index (χ1) is 12.3. The highest BCUT2D eigenvalue weighted by Gasteiger charge is 2.37. The molecular formula is C13H17N5O6S2. The first kappa shape index (κ1) is 19.9. The lowest BCUT2D eigenvalue weighted by atomic mass is 10.2. The Kier molecular flexibility index (Phi) is 6.76. The molecule has 1 saturated heterocycles. The van der Waals surface area contributed by atoms with Crippen LogP contribution >= 0.6 is 23.1 Å². The predicted octanol–water partition coefficient (Wildman–Crippen LogP) is -0.849. The van der Waals surface area contributed by atoms with E-state index in [-0.39, 0.29) is 16.5 Å². The minimum Gasteiger partial charge on any atom is -0.480 e. The Morgan fingerprint density at radius 1 is 1.50 bits per heavy atom. The van der Waals surface area contributed by atoms with E-state index in [0.717, 1.165) is 11.3 Å². The highest BCUT2D eigenvalue weighted by molar-refractivity contribution is 8.00. The van der Waals surface area contributed by atoms with Crippen LogP contribution < -0.4 is 16.4 Å². The molecule has 0 saturated carbocycles. The molecule has 0 aliphatic carbocycles. The van der Waals surface area contributed by atoms with Crippen molar-refractivity contribution in [2.45, 2.75) is 23.9 Å². The molecule has 13 heteroatoms. The Morgan fingerprint density at radius 3 is 2.77 bits per heavy atom. The molecule has 1 amide bonds. The zero-order chi connectivity index (χ0) is 19.3. The number of amides is 1. The molecule has 0 bridgehead atoms. The van der Waals surface area contributed by atoms with Crippen LogP contribution in [-0.2, 0) is 19.2 Å². The number of thiazole rings is 1. The quantitative estimate of drug-likeness (QED) is 0.285. The average molecular weight is 403 g/mol. The normalized spacial score (nSPS) is 21.7. The summed E-state index contributed by atoms with van der Waals surface area (Å²) in [6.45, 7) is 0. The van der Waals surface area contributed by atoms with Crippen molar-refractivity contribution in [3.05, 3.63) is 11.1 Å². The highest BCUT2D eigenvalue weighted by atomic mass is 32.2. The van der Waals surface area contributed by atoms with Crippen molar-refractivity contribution in [1.82, 2.24) is 15.6 Å². The summed E-state index contributed by atoms with van der Waals surface area (Å²) in [7, 11) is 1.23. The van der Waals surface area contributed by atoms with Crippen molar-refractivity contribution >= 4 is 51.8 Å². The number of aliphatic carboxylic acids is 2. The van der Waals surface area contributed by atoms with Crippen LogP contribution in [0.5, 0.6) is 0 Å². The van der Waals surface area contributed by atoms with Crippen LogP contribution in [0.4, 0.5) is 5.13 Å². The van der Waals surface area contributed by atoms with Gasteiger partial charge in [-0.15, -0.1) is 23.1 Å². The first-order valence-electron chi connectivity index (χ1n) is 7.30. The molecule has 1 aliphatic heterocycles. The van der Waals surface area contributed by atoms with Gasteiger partial charge in [0.2, 0.25) is 0 Å². The Bertz CT molecular complexity index is 724. The van der Waals surface area contributed by atoms with Crippen molar-refractivity contribution in [3.63, 3.8) is 0 Å². The molecule has 1 aliphatic rings. The molecule has 3 unspecified atom stereocenters. The molecule has 11 nitrogen and oxygen atoms in total. The van der Waals surface area contributed by atoms with Crippen LogP contribution in [0.15, 0.2) is 10.5 Å². The number of nitrogens with zero attached hydrogens (tertiary/aromatic N) is 2. The summed E-state index contributed by atoms with van der Waals surface area (Å²) in [5, 5.41) is 28.1. The molecule has 6 N–H and O–H groups in total. The smallest absolute Gasteiger partial charge is 0.328 e. The molecule has 2 heterocycles. The summed E-state index contributed by atoms with van der Waals surface area (Å²) in [4.78, 5) is 43.8. The second-order valence-corrected chi connectivity index (χ2v) is 7.26. The number of carbonyl (C=O) groups excluding carboxylic acids is 1. The maximum atomic E-state index is 12.5. The van der Waals surface area contributed by atoms with E-state index in [4.69, 9.17) is 10.8 Å². The van der Waals surface area contributed by atoms with Crippen LogP contribution in [-0.4, -0.2) is 69.1 Å². The van der Waals surface area contributed by atoms with Crippen LogP contribution in [0.3, 0.4) is 0 Å². The van der Waals surface area contributed by atoms with Gasteiger partial charge in [-0.1, -0.05) is 5.16 Å². The van der Waals surface area contributed by atoms with Crippen LogP contribution in [0.25, 0.3) is 0 Å². The van der Waals surface area contributed by atoms with Gasteiger partial charge in [0, 0.05) is 5.38 Å². The van der Waals surface area contributed by atoms with Gasteiger partial charge >= 0.3 is 11.9 Å². The van der Waals surface area contributed by atoms with E-state index >= 15 is 0 Å². The second kappa shape index (κ2) is 8.82. The third-order valence-electron chi connectivity index (χ3n) is 3.39. The third-order valence-corrected chi connectivity index (χ3v) is 5.30. The van der Waals surface area contributed by atoms with E-state index in [0.29, 0.717) is 12.2 Å². The summed E-state index contributed by atoms with van der Waals surface area (Å²) in [5.41, 5.74) is 5.45. The number of anilines is 1. The second-order valence-electron chi connectivity index (χ2n) is 5.12. The van der Waals surface area contributed by atoms with E-state index in [9.17, 15) is 19.5 Å². The molecule has 1 fully saturated rings. The molecule has 142 valence electrons. The van der Waals surface area contributed by atoms with Gasteiger partial charge in [0.25, 0.3) is 5.91 Å². The number of hydrogen-bond donors (Lipinski definition) is 5. The third kappa shape index (κ3) is 4.83. The lowest BCUT2D eigenvalue weighted by molar-refractivity contribution is -0.143. The molecule has 2 rings (SSSR count). The molecule has 1 aromatic rings. The van der Waals surface area contributed by atoms with Gasteiger partial charge in [-0.3, -0.25) is 14.9 Å². The van der Waals surface area contributed by atoms with Gasteiger partial charge in [0.1, 0.15) is 18.8 Å². The number of nitrogens with one attached hydrogen (secondary N) is 2. The molecule has 26 heavy (non-hydrogen) atoms. The Morgan fingerprint density at radius 2 is 2.23 bits per heavy atom. The van der Waals surface area contributed by atoms with Crippen LogP contribution in [0.1, 0.15) is 12.1 Å². The maximum Gasteiger partial charge on any atom is 0.328 e. The van der Waals surface area contributed by atoms with E-state index in [1.807, 2.05) is 0 Å². The molecular weight excluding hydrogens is 386 g/mol. The molecule has 3 atom stereocenters. The number of nitrogens with two attached hydrogens (primary N) is 1. The monoisotopic (exact) mass is 403 g/mol. The largest absolute Gasteiger partial charge is 0.480 e. The molecule has 0 radical (unpaired) electrons. The maximum absolute atomic E-state index is 12.5. The SMILES string of the molecule is CO/N=C(\C(=O)NC(C(=O)O)C1NC(C(=O)O)CCS1)c1csc(N)n1. The van der Waals surface area contributed by atoms with E-state index < -0.39 is 35.3 Å². The van der Waals surface area contributed by atoms with E-state index in [1.54, 1.807) is 0 Å². The standard InChI is InChI=1S/C13H17N5O6S2/c1-24-18-7(6-4-26-13(14)16-6)9(19)17-8(12(22)23)10-15-5(11(20)21)2-3-25-10/h4-5,8,10,15H,2-3H2,1H3,(H2,14,16)(H,17,19)(H,20,21)(H,22,23)/b18-7-. The summed E-state index contributed by atoms with van der Waals surface area (Å²) in [5.74, 6) is -2.78. The van der Waals surface area contributed by atoms with Gasteiger partial charge in [-0.2, -0.15) is 0 Å². The van der Waals surface area contributed by atoms with Gasteiger partial charge in [0.05, 0.1) is 5.37 Å². The van der Waals surface area contributed by atoms with Crippen molar-refractivity contribution in [2.75, 3.05) is 18.6 Å². The number of hydrogen-bond acceptors (Lipinski definition) is 10. The van der Waals surface area contributed by atoms with Crippen molar-refractivity contribution < 1.29 is 29.4 Å². The molecule has 0 aromatic carbocycles. The molecule has 1 aromatic heterocycles. The minimum absolute atomic E-state index is 0.142. The lowest BCUT2D eigenvalue weighted by Crippen LogP contribution is -2.59. The number of aromatic nitrogens is 1. The van der Waals surface area contributed by atoms with Gasteiger partial charge < -0.3 is 26.1 Å². The topological polar surface area (TPSA) is 176 Å². The minimum atomic E-state index is -1.38. The number of nitrogen functional groups attached to an aromatic ring is 1. The number of carboxylic acids is 2. The van der Waals surface area contributed by atoms with Gasteiger partial charge in [0.15, 0.2) is 16.9 Å². The van der Waals surface area contributed by atoms with E-state index in [2.05, 4.69) is 25.6 Å². The number of rotatable bonds is 7. The number of carbonyl (C=O) groups is 3. The number of carboxylic acid groups (broad SMARTS) is 2. The van der Waals surface area contributed by atoms with Crippen molar-refractivity contribution in [1.29, 1.82) is 0 Å². The lowest BCUT2D eigenvalue weighted by Gasteiger charge is -2.32. The highest BCUT2D eigenvalue weighted by Crippen LogP contribution is 2.22. The zero-order valence-electron chi connectivity index (χ0n) is 13.5. The fourth-order valence-corrected chi connectivity index (χ4v) is 4.01. The van der Waals surface area contributed by atoms with E-state index in [1.165, 1.54) is 24.3 Å². The summed E-state index contributed by atoms with van der Waals surface area (Å²) in [6.07, 6.45) is 0.352. The van der Waals surface area contributed by atoms with Crippen molar-refractivity contribution in [2.24, 2.45) is 5.16 Å². The van der Waals surface area contributed by atoms with Gasteiger partial charge in [-0.05, 0) is 12.2 Å². The van der Waals surface area contributed by atoms with Crippen LogP contribution in [0, 0.1) is 0 Å². The first-order valence-corrected chi connectivity index (χ1v) is 9.23. The fourth-order valence-electron chi connectivity index (χ4n) is 2.20. The predicted molar refractivity (Wildman–Crippen MR) is 95.1 cm³/mol. The number of thioether (sulfide) groups is 1. The summed E-state index contributed by atoms with van der Waals surface area (Å²) in [6, 6.07) is -2.27. The average Bonchev–Trinajstić information content (AvgIpc) is 3.03. The molecule has 0 spiro atoms. The van der Waals surface area contributed by atoms with Crippen LogP contribution in [0.2, 0.25) is 0 Å². The Labute approximate surface area is 156 Å². The number of oxime groups is 1. The summed E-state index contributed by atoms with van der Waals surface area (Å²) >= 11 is 2.30. The Balaban J connectivity index is 2.17. The zero-order valence-corrected chi connectivity index (χ0v) is 15.2. The fraction of sp³-hybridized carbons (Fsp3) is 0.462. The summed E-state index contributed by atoms with van der Waals surface area (Å²) < 4.78 is 0. The van der Waals surface area contributed by atoms with Crippen molar-refractivity contribution in [3.8, 4) is 0 Å².